The molecule has 1 N–H and O–H groups in total. The van der Waals surface area contributed by atoms with Gasteiger partial charge in [0.2, 0.25) is 21.7 Å². The molecule has 218 valence electrons. The van der Waals surface area contributed by atoms with Crippen LogP contribution in [0.25, 0.3) is 5.69 Å². The Kier molecular flexibility index (Phi) is 8.34. The summed E-state index contributed by atoms with van der Waals surface area (Å²) in [5, 5.41) is 7.76. The van der Waals surface area contributed by atoms with Crippen LogP contribution >= 0.6 is 23.2 Å². The van der Waals surface area contributed by atoms with Gasteiger partial charge in [0, 0.05) is 43.5 Å². The van der Waals surface area contributed by atoms with Gasteiger partial charge < -0.3 is 15.0 Å². The van der Waals surface area contributed by atoms with Gasteiger partial charge in [0.15, 0.2) is 0 Å². The quantitative estimate of drug-likeness (QED) is 0.379. The number of aromatic nitrogens is 2. The van der Waals surface area contributed by atoms with Crippen molar-refractivity contribution in [1.82, 2.24) is 14.1 Å². The predicted octanol–water partition coefficient (Wildman–Crippen LogP) is 4.33. The zero-order valence-electron chi connectivity index (χ0n) is 22.8. The number of benzene rings is 2. The molecule has 2 aliphatic rings. The molecule has 1 aliphatic heterocycles. The summed E-state index contributed by atoms with van der Waals surface area (Å²) in [5.41, 5.74) is 1.65. The van der Waals surface area contributed by atoms with Crippen LogP contribution in [0, 0.1) is 5.41 Å². The predicted molar refractivity (Wildman–Crippen MR) is 160 cm³/mol. The van der Waals surface area contributed by atoms with Crippen molar-refractivity contribution in [2.24, 2.45) is 5.41 Å². The number of halogens is 2. The number of sulfonamides is 1. The summed E-state index contributed by atoms with van der Waals surface area (Å²) in [5.74, 6) is -0.298. The van der Waals surface area contributed by atoms with Crippen molar-refractivity contribution in [2.45, 2.75) is 32.4 Å². The number of hydrogen-bond donors (Lipinski definition) is 1. The van der Waals surface area contributed by atoms with E-state index in [4.69, 9.17) is 27.9 Å². The van der Waals surface area contributed by atoms with Gasteiger partial charge in [-0.15, -0.1) is 0 Å². The van der Waals surface area contributed by atoms with Crippen LogP contribution in [0.5, 0.6) is 5.75 Å². The number of ether oxygens (including phenoxy) is 1. The van der Waals surface area contributed by atoms with Crippen molar-refractivity contribution in [1.29, 1.82) is 0 Å². The van der Waals surface area contributed by atoms with E-state index in [1.54, 1.807) is 48.7 Å². The molecule has 41 heavy (non-hydrogen) atoms. The van der Waals surface area contributed by atoms with E-state index >= 15 is 0 Å². The largest absolute Gasteiger partial charge is 0.486 e. The van der Waals surface area contributed by atoms with Crippen LogP contribution in [0.2, 0.25) is 10.0 Å². The van der Waals surface area contributed by atoms with E-state index in [-0.39, 0.29) is 40.9 Å². The molecule has 0 unspecified atom stereocenters. The summed E-state index contributed by atoms with van der Waals surface area (Å²) < 4.78 is 35.3. The van der Waals surface area contributed by atoms with Gasteiger partial charge in [0.1, 0.15) is 5.69 Å². The van der Waals surface area contributed by atoms with E-state index in [1.807, 2.05) is 4.90 Å². The number of amides is 1. The van der Waals surface area contributed by atoms with Crippen LogP contribution in [0.1, 0.15) is 32.3 Å². The molecule has 13 heteroatoms. The number of nitrogens with zero attached hydrogens (tertiary/aromatic N) is 4. The molecule has 0 bridgehead atoms. The molecule has 2 fully saturated rings. The van der Waals surface area contributed by atoms with E-state index in [2.05, 4.69) is 17.3 Å². The van der Waals surface area contributed by atoms with Gasteiger partial charge in [-0.05, 0) is 48.7 Å². The lowest BCUT2D eigenvalue weighted by atomic mass is 10.2. The third-order valence-electron chi connectivity index (χ3n) is 7.30. The topological polar surface area (TPSA) is 114 Å². The number of piperazine rings is 1. The molecular weight excluding hydrogens is 589 g/mol. The maximum atomic E-state index is 13.6. The minimum atomic E-state index is -3.65. The Morgan fingerprint density at radius 2 is 1.83 bits per heavy atom. The van der Waals surface area contributed by atoms with Crippen molar-refractivity contribution >= 4 is 50.5 Å². The van der Waals surface area contributed by atoms with Crippen LogP contribution in [0.3, 0.4) is 0 Å². The van der Waals surface area contributed by atoms with Crippen molar-refractivity contribution in [3.63, 3.8) is 0 Å². The zero-order chi connectivity index (χ0) is 29.4. The zero-order valence-corrected chi connectivity index (χ0v) is 25.1. The average Bonchev–Trinajstić information content (AvgIpc) is 3.66. The monoisotopic (exact) mass is 619 g/mol. The third-order valence-corrected chi connectivity index (χ3v) is 9.70. The van der Waals surface area contributed by atoms with Crippen LogP contribution in [-0.2, 0) is 20.6 Å². The summed E-state index contributed by atoms with van der Waals surface area (Å²) in [6, 6.07) is 11.6. The van der Waals surface area contributed by atoms with Gasteiger partial charge in [0.05, 0.1) is 35.0 Å². The number of rotatable bonds is 9. The maximum absolute atomic E-state index is 13.6. The molecule has 0 radical (unpaired) electrons. The Morgan fingerprint density at radius 1 is 1.10 bits per heavy atom. The highest BCUT2D eigenvalue weighted by molar-refractivity contribution is 7.88. The normalized spacial score (nSPS) is 16.8. The number of carbonyl (C=O) groups is 1. The summed E-state index contributed by atoms with van der Waals surface area (Å²) in [6.45, 7) is 5.08. The standard InChI is InChI=1S/C28H31Cl2N5O5S/c1-19(36)32-24-7-6-20(14-23(24)30)17-41(38,39)34-12-10-33(11-13-34)25-16-31-35(22-5-3-4-21(29)15-22)27(37)26(25)40-18-28(2)8-9-28/h3-7,14-16H,8-13,17-18H2,1-2H3,(H,32,36). The van der Waals surface area contributed by atoms with Crippen LogP contribution in [0.4, 0.5) is 11.4 Å². The Morgan fingerprint density at radius 3 is 2.46 bits per heavy atom. The lowest BCUT2D eigenvalue weighted by Crippen LogP contribution is -2.49. The summed E-state index contributed by atoms with van der Waals surface area (Å²) in [6.07, 6.45) is 3.66. The molecule has 5 rings (SSSR count). The fourth-order valence-corrected chi connectivity index (χ4v) is 6.57. The first-order chi connectivity index (χ1) is 19.4. The minimum Gasteiger partial charge on any atom is -0.486 e. The van der Waals surface area contributed by atoms with Crippen molar-refractivity contribution < 1.29 is 17.9 Å². The molecule has 10 nitrogen and oxygen atoms in total. The highest BCUT2D eigenvalue weighted by Crippen LogP contribution is 2.45. The fraction of sp³-hybridized carbons (Fsp3) is 0.393. The van der Waals surface area contributed by atoms with Crippen LogP contribution in [-0.4, -0.2) is 61.2 Å². The van der Waals surface area contributed by atoms with Crippen molar-refractivity contribution in [3.8, 4) is 11.4 Å². The summed E-state index contributed by atoms with van der Waals surface area (Å²) >= 11 is 12.4. The van der Waals surface area contributed by atoms with E-state index in [0.717, 1.165) is 12.8 Å². The molecule has 0 atom stereocenters. The smallest absolute Gasteiger partial charge is 0.316 e. The summed E-state index contributed by atoms with van der Waals surface area (Å²) in [7, 11) is -3.65. The number of carbonyl (C=O) groups excluding carboxylic acids is 1. The fourth-order valence-electron chi connectivity index (χ4n) is 4.63. The molecule has 2 aromatic carbocycles. The molecule has 1 saturated heterocycles. The molecule has 1 aliphatic carbocycles. The van der Waals surface area contributed by atoms with E-state index in [0.29, 0.717) is 47.3 Å². The molecule has 0 spiro atoms. The maximum Gasteiger partial charge on any atom is 0.316 e. The van der Waals surface area contributed by atoms with E-state index in [1.165, 1.54) is 15.9 Å². The van der Waals surface area contributed by atoms with Gasteiger partial charge in [-0.1, -0.05) is 42.3 Å². The lowest BCUT2D eigenvalue weighted by molar-refractivity contribution is -0.114. The number of nitrogens with one attached hydrogen (secondary N) is 1. The molecule has 1 amide bonds. The molecule has 1 saturated carbocycles. The Hall–Kier alpha value is -3.12. The van der Waals surface area contributed by atoms with E-state index in [9.17, 15) is 18.0 Å². The van der Waals surface area contributed by atoms with Crippen LogP contribution < -0.4 is 20.5 Å². The summed E-state index contributed by atoms with van der Waals surface area (Å²) in [4.78, 5) is 26.8. The van der Waals surface area contributed by atoms with Gasteiger partial charge in [-0.2, -0.15) is 14.1 Å². The minimum absolute atomic E-state index is 0.0455. The lowest BCUT2D eigenvalue weighted by Gasteiger charge is -2.35. The van der Waals surface area contributed by atoms with Crippen molar-refractivity contribution in [2.75, 3.05) is 43.0 Å². The van der Waals surface area contributed by atoms with Gasteiger partial charge in [-0.25, -0.2) is 8.42 Å². The first-order valence-corrected chi connectivity index (χ1v) is 15.6. The van der Waals surface area contributed by atoms with Gasteiger partial charge in [0.25, 0.3) is 0 Å². The van der Waals surface area contributed by atoms with Gasteiger partial charge >= 0.3 is 5.56 Å². The van der Waals surface area contributed by atoms with Crippen LogP contribution in [0.15, 0.2) is 53.5 Å². The Bertz CT molecular complexity index is 1630. The second-order valence-corrected chi connectivity index (χ2v) is 13.6. The highest BCUT2D eigenvalue weighted by Gasteiger charge is 2.39. The first-order valence-electron chi connectivity index (χ1n) is 13.2. The SMILES string of the molecule is CC(=O)Nc1ccc(CS(=O)(=O)N2CCN(c3cnn(-c4cccc(Cl)c4)c(=O)c3OCC3(C)CC3)CC2)cc1Cl. The number of anilines is 2. The van der Waals surface area contributed by atoms with E-state index < -0.39 is 15.6 Å². The van der Waals surface area contributed by atoms with Crippen molar-refractivity contribution in [3.05, 3.63) is 74.6 Å². The molecule has 1 aromatic heterocycles. The molecular formula is C28H31Cl2N5O5S. The average molecular weight is 621 g/mol. The van der Waals surface area contributed by atoms with Gasteiger partial charge in [-0.3, -0.25) is 9.59 Å². The second kappa shape index (κ2) is 11.6. The Balaban J connectivity index is 1.33. The number of hydrogen-bond acceptors (Lipinski definition) is 7. The first kappa shape index (κ1) is 29.4. The Labute approximate surface area is 248 Å². The molecule has 3 aromatic rings. The second-order valence-electron chi connectivity index (χ2n) is 10.8. The highest BCUT2D eigenvalue weighted by atomic mass is 35.5. The molecule has 2 heterocycles. The third kappa shape index (κ3) is 6.86.